The number of fused-ring (bicyclic) bond motifs is 1. The fourth-order valence-corrected chi connectivity index (χ4v) is 2.97. The second kappa shape index (κ2) is 6.57. The fraction of sp³-hybridized carbons (Fsp3) is 0.625. The molecule has 2 aliphatic rings. The van der Waals surface area contributed by atoms with E-state index in [1.807, 2.05) is 7.05 Å². The lowest BCUT2D eigenvalue weighted by molar-refractivity contribution is -0.101. The van der Waals surface area contributed by atoms with Crippen LogP contribution in [0.25, 0.3) is 0 Å². The van der Waals surface area contributed by atoms with Crippen molar-refractivity contribution in [3.8, 4) is 5.75 Å². The number of hydrogen-bond acceptors (Lipinski definition) is 4. The van der Waals surface area contributed by atoms with E-state index in [1.54, 1.807) is 0 Å². The zero-order valence-corrected chi connectivity index (χ0v) is 12.1. The van der Waals surface area contributed by atoms with Crippen molar-refractivity contribution in [2.45, 2.75) is 31.4 Å². The number of aryl methyl sites for hydroxylation is 1. The maximum atomic E-state index is 5.79. The van der Waals surface area contributed by atoms with Crippen LogP contribution in [0, 0.1) is 0 Å². The Morgan fingerprint density at radius 3 is 3.05 bits per heavy atom. The molecule has 2 unspecified atom stereocenters. The van der Waals surface area contributed by atoms with E-state index in [2.05, 4.69) is 23.5 Å². The Balaban J connectivity index is 1.57. The van der Waals surface area contributed by atoms with Gasteiger partial charge in [-0.25, -0.2) is 0 Å². The molecular weight excluding hydrogens is 254 g/mol. The van der Waals surface area contributed by atoms with Gasteiger partial charge in [0.2, 0.25) is 0 Å². The van der Waals surface area contributed by atoms with Crippen LogP contribution in [0.2, 0.25) is 0 Å². The van der Waals surface area contributed by atoms with Crippen LogP contribution in [0.3, 0.4) is 0 Å². The van der Waals surface area contributed by atoms with Gasteiger partial charge in [-0.2, -0.15) is 0 Å². The normalized spacial score (nSPS) is 23.1. The van der Waals surface area contributed by atoms with Crippen LogP contribution in [-0.2, 0) is 22.3 Å². The van der Waals surface area contributed by atoms with Crippen LogP contribution < -0.4 is 10.1 Å². The summed E-state index contributed by atoms with van der Waals surface area (Å²) >= 11 is 0. The van der Waals surface area contributed by atoms with E-state index in [4.69, 9.17) is 14.2 Å². The molecule has 0 aromatic heterocycles. The highest BCUT2D eigenvalue weighted by Gasteiger charge is 2.23. The summed E-state index contributed by atoms with van der Waals surface area (Å²) < 4.78 is 16.8. The molecule has 0 aliphatic carbocycles. The average molecular weight is 277 g/mol. The van der Waals surface area contributed by atoms with Gasteiger partial charge in [-0.3, -0.25) is 0 Å². The largest absolute Gasteiger partial charge is 0.493 e. The van der Waals surface area contributed by atoms with Crippen LogP contribution in [0.15, 0.2) is 18.2 Å². The highest BCUT2D eigenvalue weighted by Crippen LogP contribution is 2.26. The van der Waals surface area contributed by atoms with Crippen LogP contribution in [0.5, 0.6) is 5.75 Å². The van der Waals surface area contributed by atoms with Gasteiger partial charge >= 0.3 is 0 Å². The first-order chi connectivity index (χ1) is 9.86. The average Bonchev–Trinajstić information content (AvgIpc) is 2.96. The van der Waals surface area contributed by atoms with Gasteiger partial charge in [-0.1, -0.05) is 12.1 Å². The summed E-state index contributed by atoms with van der Waals surface area (Å²) in [6.45, 7) is 2.95. The standard InChI is InChI=1S/C16H23NO3/c1-17-14(16-11-18-8-9-20-16)4-2-12-3-5-15-13(10-12)6-7-19-15/h3,5,10,14,16-17H,2,4,6-9,11H2,1H3. The maximum absolute atomic E-state index is 5.79. The van der Waals surface area contributed by atoms with E-state index in [1.165, 1.54) is 11.1 Å². The number of nitrogens with one attached hydrogen (secondary N) is 1. The highest BCUT2D eigenvalue weighted by molar-refractivity contribution is 5.39. The summed E-state index contributed by atoms with van der Waals surface area (Å²) in [4.78, 5) is 0. The molecule has 0 spiro atoms. The Kier molecular flexibility index (Phi) is 4.55. The molecule has 0 bridgehead atoms. The second-order valence-electron chi connectivity index (χ2n) is 5.46. The lowest BCUT2D eigenvalue weighted by atomic mass is 9.99. The molecule has 1 saturated heterocycles. The van der Waals surface area contributed by atoms with E-state index in [0.29, 0.717) is 19.3 Å². The van der Waals surface area contributed by atoms with Gasteiger partial charge in [0, 0.05) is 12.5 Å². The van der Waals surface area contributed by atoms with Gasteiger partial charge in [0.15, 0.2) is 0 Å². The molecule has 2 aliphatic heterocycles. The Morgan fingerprint density at radius 1 is 1.30 bits per heavy atom. The smallest absolute Gasteiger partial charge is 0.122 e. The molecule has 4 heteroatoms. The topological polar surface area (TPSA) is 39.7 Å². The van der Waals surface area contributed by atoms with Crippen LogP contribution >= 0.6 is 0 Å². The fourth-order valence-electron chi connectivity index (χ4n) is 2.97. The lowest BCUT2D eigenvalue weighted by Crippen LogP contribution is -2.45. The van der Waals surface area contributed by atoms with Crippen molar-refractivity contribution in [3.63, 3.8) is 0 Å². The van der Waals surface area contributed by atoms with Crippen molar-refractivity contribution in [2.24, 2.45) is 0 Å². The number of likely N-dealkylation sites (N-methyl/N-ethyl adjacent to an activating group) is 1. The Labute approximate surface area is 120 Å². The van der Waals surface area contributed by atoms with E-state index in [0.717, 1.165) is 38.2 Å². The van der Waals surface area contributed by atoms with E-state index in [9.17, 15) is 0 Å². The van der Waals surface area contributed by atoms with Crippen molar-refractivity contribution < 1.29 is 14.2 Å². The van der Waals surface area contributed by atoms with Crippen LogP contribution in [0.4, 0.5) is 0 Å². The minimum atomic E-state index is 0.173. The molecule has 1 aromatic rings. The molecular formula is C16H23NO3. The number of ether oxygens (including phenoxy) is 3. The summed E-state index contributed by atoms with van der Waals surface area (Å²) in [6, 6.07) is 6.91. The third-order valence-electron chi connectivity index (χ3n) is 4.16. The van der Waals surface area contributed by atoms with E-state index < -0.39 is 0 Å². The van der Waals surface area contributed by atoms with Crippen molar-refractivity contribution >= 4 is 0 Å². The van der Waals surface area contributed by atoms with Crippen molar-refractivity contribution in [2.75, 3.05) is 33.5 Å². The Morgan fingerprint density at radius 2 is 2.25 bits per heavy atom. The van der Waals surface area contributed by atoms with Crippen molar-refractivity contribution in [1.82, 2.24) is 5.32 Å². The first kappa shape index (κ1) is 13.9. The third kappa shape index (κ3) is 3.14. The molecule has 1 fully saturated rings. The first-order valence-electron chi connectivity index (χ1n) is 7.48. The van der Waals surface area contributed by atoms with Gasteiger partial charge in [0.05, 0.1) is 32.5 Å². The van der Waals surface area contributed by atoms with Gasteiger partial charge in [-0.15, -0.1) is 0 Å². The van der Waals surface area contributed by atoms with Gasteiger partial charge in [0.25, 0.3) is 0 Å². The number of hydrogen-bond donors (Lipinski definition) is 1. The summed E-state index contributed by atoms with van der Waals surface area (Å²) in [5.41, 5.74) is 2.73. The molecule has 4 nitrogen and oxygen atoms in total. The molecule has 20 heavy (non-hydrogen) atoms. The summed E-state index contributed by atoms with van der Waals surface area (Å²) in [5.74, 6) is 1.06. The molecule has 0 amide bonds. The Hall–Kier alpha value is -1.10. The summed E-state index contributed by atoms with van der Waals surface area (Å²) in [6.07, 6.45) is 3.33. The summed E-state index contributed by atoms with van der Waals surface area (Å²) in [7, 11) is 2.00. The van der Waals surface area contributed by atoms with Crippen molar-refractivity contribution in [3.05, 3.63) is 29.3 Å². The zero-order valence-electron chi connectivity index (χ0n) is 12.1. The predicted molar refractivity (Wildman–Crippen MR) is 77.4 cm³/mol. The van der Waals surface area contributed by atoms with E-state index in [-0.39, 0.29) is 6.10 Å². The molecule has 2 heterocycles. The van der Waals surface area contributed by atoms with Gasteiger partial charge in [0.1, 0.15) is 5.75 Å². The molecule has 2 atom stereocenters. The van der Waals surface area contributed by atoms with Crippen LogP contribution in [0.1, 0.15) is 17.5 Å². The lowest BCUT2D eigenvalue weighted by Gasteiger charge is -2.30. The zero-order chi connectivity index (χ0) is 13.8. The molecule has 0 saturated carbocycles. The van der Waals surface area contributed by atoms with Crippen molar-refractivity contribution in [1.29, 1.82) is 0 Å². The summed E-state index contributed by atoms with van der Waals surface area (Å²) in [5, 5.41) is 3.36. The molecule has 1 N–H and O–H groups in total. The maximum Gasteiger partial charge on any atom is 0.122 e. The minimum absolute atomic E-state index is 0.173. The number of benzene rings is 1. The monoisotopic (exact) mass is 277 g/mol. The predicted octanol–water partition coefficient (Wildman–Crippen LogP) is 1.56. The molecule has 3 rings (SSSR count). The highest BCUT2D eigenvalue weighted by atomic mass is 16.6. The third-order valence-corrected chi connectivity index (χ3v) is 4.16. The molecule has 0 radical (unpaired) electrons. The molecule has 1 aromatic carbocycles. The first-order valence-corrected chi connectivity index (χ1v) is 7.48. The minimum Gasteiger partial charge on any atom is -0.493 e. The van der Waals surface area contributed by atoms with Crippen LogP contribution in [-0.4, -0.2) is 45.6 Å². The number of rotatable bonds is 5. The molecule has 110 valence electrons. The van der Waals surface area contributed by atoms with Gasteiger partial charge in [-0.05, 0) is 37.1 Å². The van der Waals surface area contributed by atoms with E-state index >= 15 is 0 Å². The van der Waals surface area contributed by atoms with Gasteiger partial charge < -0.3 is 19.5 Å². The Bertz CT molecular complexity index is 443. The quantitative estimate of drug-likeness (QED) is 0.886. The SMILES string of the molecule is CNC(CCc1ccc2c(c1)CCO2)C1COCCO1. The second-order valence-corrected chi connectivity index (χ2v) is 5.46.